The number of alkyl carbamates (subject to hydrolysis) is 1. The molecule has 0 bridgehead atoms. The number of aromatic nitrogens is 1. The van der Waals surface area contributed by atoms with Gasteiger partial charge in [0.15, 0.2) is 0 Å². The van der Waals surface area contributed by atoms with Gasteiger partial charge in [-0.2, -0.15) is 0 Å². The molecule has 0 unspecified atom stereocenters. The Hall–Kier alpha value is -1.96. The van der Waals surface area contributed by atoms with Crippen LogP contribution in [0.3, 0.4) is 0 Å². The standard InChI is InChI=1S/C24H29Cl2N3O3S/c1-2-3-14-32-24(31)28-21(15-17-7-8-18(25)16-20(17)26)23(30)29-12-9-19(10-13-29)33-22-6-4-5-11-27-22/h4-8,11,16,19,21H,2-3,9-10,12-15H2,1H3,(H,28,31)/t21-/m1/s1. The van der Waals surface area contributed by atoms with E-state index < -0.39 is 12.1 Å². The minimum absolute atomic E-state index is 0.130. The Morgan fingerprint density at radius 3 is 2.70 bits per heavy atom. The van der Waals surface area contributed by atoms with Crippen LogP contribution in [-0.4, -0.2) is 52.9 Å². The van der Waals surface area contributed by atoms with Gasteiger partial charge in [0.05, 0.1) is 11.6 Å². The summed E-state index contributed by atoms with van der Waals surface area (Å²) in [5.74, 6) is -0.130. The molecule has 3 rings (SSSR count). The maximum Gasteiger partial charge on any atom is 0.407 e. The summed E-state index contributed by atoms with van der Waals surface area (Å²) in [6.45, 7) is 3.59. The highest BCUT2D eigenvalue weighted by molar-refractivity contribution is 7.99. The fraction of sp³-hybridized carbons (Fsp3) is 0.458. The van der Waals surface area contributed by atoms with Crippen LogP contribution in [-0.2, 0) is 16.0 Å². The van der Waals surface area contributed by atoms with Crippen molar-refractivity contribution < 1.29 is 14.3 Å². The van der Waals surface area contributed by atoms with Gasteiger partial charge in [0.25, 0.3) is 0 Å². The number of hydrogen-bond donors (Lipinski definition) is 1. The van der Waals surface area contributed by atoms with Crippen molar-refractivity contribution in [2.45, 2.75) is 55.3 Å². The topological polar surface area (TPSA) is 71.5 Å². The summed E-state index contributed by atoms with van der Waals surface area (Å²) in [5.41, 5.74) is 0.744. The molecule has 6 nitrogen and oxygen atoms in total. The number of amides is 2. The molecule has 1 aromatic carbocycles. The molecule has 1 aliphatic heterocycles. The van der Waals surface area contributed by atoms with Gasteiger partial charge in [-0.25, -0.2) is 9.78 Å². The lowest BCUT2D eigenvalue weighted by atomic mass is 10.0. The zero-order chi connectivity index (χ0) is 23.6. The number of carbonyl (C=O) groups is 2. The van der Waals surface area contributed by atoms with E-state index in [1.807, 2.05) is 30.0 Å². The van der Waals surface area contributed by atoms with E-state index in [-0.39, 0.29) is 12.3 Å². The molecule has 0 spiro atoms. The molecule has 9 heteroatoms. The molecule has 0 radical (unpaired) electrons. The van der Waals surface area contributed by atoms with Crippen molar-refractivity contribution in [3.63, 3.8) is 0 Å². The number of hydrogen-bond acceptors (Lipinski definition) is 5. The van der Waals surface area contributed by atoms with E-state index in [2.05, 4.69) is 10.3 Å². The zero-order valence-electron chi connectivity index (χ0n) is 18.6. The van der Waals surface area contributed by atoms with Crippen molar-refractivity contribution in [1.82, 2.24) is 15.2 Å². The smallest absolute Gasteiger partial charge is 0.407 e. The number of benzene rings is 1. The minimum Gasteiger partial charge on any atom is -0.450 e. The second-order valence-corrected chi connectivity index (χ2v) is 10.1. The molecule has 2 aromatic rings. The molecule has 33 heavy (non-hydrogen) atoms. The SMILES string of the molecule is CCCCOC(=O)N[C@H](Cc1ccc(Cl)cc1Cl)C(=O)N1CCC(Sc2ccccn2)CC1. The lowest BCUT2D eigenvalue weighted by molar-refractivity contribution is -0.134. The molecule has 1 saturated heterocycles. The van der Waals surface area contributed by atoms with Crippen LogP contribution in [0.1, 0.15) is 38.2 Å². The van der Waals surface area contributed by atoms with Crippen molar-refractivity contribution >= 4 is 47.0 Å². The van der Waals surface area contributed by atoms with Gasteiger partial charge in [0.2, 0.25) is 5.91 Å². The molecule has 2 amide bonds. The summed E-state index contributed by atoms with van der Waals surface area (Å²) in [7, 11) is 0. The normalized spacial score (nSPS) is 15.2. The maximum atomic E-state index is 13.4. The summed E-state index contributed by atoms with van der Waals surface area (Å²) in [6, 6.07) is 10.3. The van der Waals surface area contributed by atoms with E-state index >= 15 is 0 Å². The zero-order valence-corrected chi connectivity index (χ0v) is 21.0. The van der Waals surface area contributed by atoms with Crippen molar-refractivity contribution in [3.8, 4) is 0 Å². The quantitative estimate of drug-likeness (QED) is 0.444. The predicted octanol–water partition coefficient (Wildman–Crippen LogP) is 5.61. The van der Waals surface area contributed by atoms with Crippen molar-refractivity contribution in [2.24, 2.45) is 0 Å². The van der Waals surface area contributed by atoms with E-state index in [9.17, 15) is 9.59 Å². The Labute approximate surface area is 209 Å². The Kier molecular flexibility index (Phi) is 10.2. The molecule has 1 aliphatic rings. The molecule has 1 aromatic heterocycles. The van der Waals surface area contributed by atoms with Gasteiger partial charge in [-0.15, -0.1) is 11.8 Å². The summed E-state index contributed by atoms with van der Waals surface area (Å²) >= 11 is 14.1. The summed E-state index contributed by atoms with van der Waals surface area (Å²) in [5, 5.41) is 5.14. The van der Waals surface area contributed by atoms with Crippen molar-refractivity contribution in [3.05, 3.63) is 58.2 Å². The van der Waals surface area contributed by atoms with E-state index in [0.29, 0.717) is 35.0 Å². The van der Waals surface area contributed by atoms with Crippen LogP contribution < -0.4 is 5.32 Å². The number of pyridine rings is 1. The first-order valence-electron chi connectivity index (χ1n) is 11.2. The van der Waals surface area contributed by atoms with Gasteiger partial charge < -0.3 is 15.0 Å². The van der Waals surface area contributed by atoms with Crippen molar-refractivity contribution in [2.75, 3.05) is 19.7 Å². The van der Waals surface area contributed by atoms with Crippen LogP contribution >= 0.6 is 35.0 Å². The molecule has 1 fully saturated rings. The number of likely N-dealkylation sites (tertiary alicyclic amines) is 1. The van der Waals surface area contributed by atoms with Crippen LogP contribution in [0.15, 0.2) is 47.6 Å². The van der Waals surface area contributed by atoms with E-state index in [1.165, 1.54) is 0 Å². The van der Waals surface area contributed by atoms with E-state index in [4.69, 9.17) is 27.9 Å². The second-order valence-electron chi connectivity index (χ2n) is 7.94. The summed E-state index contributed by atoms with van der Waals surface area (Å²) in [6.07, 6.45) is 4.88. The monoisotopic (exact) mass is 509 g/mol. The first-order valence-corrected chi connectivity index (χ1v) is 12.8. The Bertz CT molecular complexity index is 924. The van der Waals surface area contributed by atoms with Gasteiger partial charge >= 0.3 is 6.09 Å². The number of rotatable bonds is 9. The summed E-state index contributed by atoms with van der Waals surface area (Å²) < 4.78 is 5.24. The van der Waals surface area contributed by atoms with Crippen LogP contribution in [0.2, 0.25) is 10.0 Å². The number of nitrogens with zero attached hydrogens (tertiary/aromatic N) is 2. The third kappa shape index (κ3) is 8.09. The number of piperidine rings is 1. The van der Waals surface area contributed by atoms with Gasteiger partial charge in [0, 0.05) is 41.0 Å². The molecule has 1 atom stereocenters. The van der Waals surface area contributed by atoms with Gasteiger partial charge in [-0.05, 0) is 49.1 Å². The van der Waals surface area contributed by atoms with Gasteiger partial charge in [-0.1, -0.05) is 48.7 Å². The van der Waals surface area contributed by atoms with Gasteiger partial charge in [-0.3, -0.25) is 4.79 Å². The lowest BCUT2D eigenvalue weighted by Crippen LogP contribution is -2.52. The molecule has 2 heterocycles. The Morgan fingerprint density at radius 1 is 1.24 bits per heavy atom. The summed E-state index contributed by atoms with van der Waals surface area (Å²) in [4.78, 5) is 31.9. The second kappa shape index (κ2) is 13.1. The first-order chi connectivity index (χ1) is 16.0. The fourth-order valence-corrected chi connectivity index (χ4v) is 5.15. The van der Waals surface area contributed by atoms with Crippen LogP contribution in [0.5, 0.6) is 0 Å². The minimum atomic E-state index is -0.766. The van der Waals surface area contributed by atoms with E-state index in [1.54, 1.807) is 36.2 Å². The molecular weight excluding hydrogens is 481 g/mol. The number of thioether (sulfide) groups is 1. The van der Waals surface area contributed by atoms with Crippen LogP contribution in [0.4, 0.5) is 4.79 Å². The highest BCUT2D eigenvalue weighted by atomic mass is 35.5. The van der Waals surface area contributed by atoms with Crippen LogP contribution in [0.25, 0.3) is 0 Å². The fourth-order valence-electron chi connectivity index (χ4n) is 3.60. The number of unbranched alkanes of at least 4 members (excludes halogenated alkanes) is 1. The molecular formula is C24H29Cl2N3O3S. The van der Waals surface area contributed by atoms with E-state index in [0.717, 1.165) is 36.3 Å². The number of ether oxygens (including phenoxy) is 1. The highest BCUT2D eigenvalue weighted by Gasteiger charge is 2.30. The molecule has 1 N–H and O–H groups in total. The third-order valence-electron chi connectivity index (χ3n) is 5.44. The lowest BCUT2D eigenvalue weighted by Gasteiger charge is -2.34. The number of halogens is 2. The molecule has 0 saturated carbocycles. The number of carbonyl (C=O) groups excluding carboxylic acids is 2. The van der Waals surface area contributed by atoms with Crippen molar-refractivity contribution in [1.29, 1.82) is 0 Å². The van der Waals surface area contributed by atoms with Gasteiger partial charge in [0.1, 0.15) is 6.04 Å². The highest BCUT2D eigenvalue weighted by Crippen LogP contribution is 2.29. The molecule has 178 valence electrons. The molecule has 0 aliphatic carbocycles. The van der Waals surface area contributed by atoms with Crippen LogP contribution in [0, 0.1) is 0 Å². The largest absolute Gasteiger partial charge is 0.450 e. The average molecular weight is 510 g/mol. The predicted molar refractivity (Wildman–Crippen MR) is 133 cm³/mol. The number of nitrogens with one attached hydrogen (secondary N) is 1. The maximum absolute atomic E-state index is 13.4. The average Bonchev–Trinajstić information content (AvgIpc) is 2.81. The Balaban J connectivity index is 1.63. The third-order valence-corrected chi connectivity index (χ3v) is 7.31. The first kappa shape index (κ1) is 25.7. The Morgan fingerprint density at radius 2 is 2.03 bits per heavy atom.